The van der Waals surface area contributed by atoms with Crippen LogP contribution in [0, 0.1) is 0 Å². The molecule has 0 saturated carbocycles. The molecule has 10 heteroatoms. The largest absolute Gasteiger partial charge is 0.493 e. The number of hydrogen-bond acceptors (Lipinski definition) is 6. The maximum atomic E-state index is 13.2. The molecule has 1 heterocycles. The Balaban J connectivity index is 1.56. The van der Waals surface area contributed by atoms with Crippen LogP contribution in [0.4, 0.5) is 0 Å². The average molecular weight is 619 g/mol. The third-order valence-electron chi connectivity index (χ3n) is 6.33. The van der Waals surface area contributed by atoms with E-state index in [1.165, 1.54) is 5.56 Å². The summed E-state index contributed by atoms with van der Waals surface area (Å²) >= 11 is 8.92. The highest BCUT2D eigenvalue weighted by molar-refractivity contribution is 9.10. The number of amides is 2. The molecule has 2 N–H and O–H groups in total. The van der Waals surface area contributed by atoms with E-state index in [2.05, 4.69) is 33.5 Å². The molecule has 1 atom stereocenters. The zero-order valence-corrected chi connectivity index (χ0v) is 24.7. The molecule has 1 aliphatic heterocycles. The van der Waals surface area contributed by atoms with Crippen LogP contribution in [0.25, 0.3) is 0 Å². The zero-order valence-electron chi connectivity index (χ0n) is 22.2. The van der Waals surface area contributed by atoms with Gasteiger partial charge >= 0.3 is 5.97 Å². The summed E-state index contributed by atoms with van der Waals surface area (Å²) in [6.07, 6.45) is 5.53. The van der Waals surface area contributed by atoms with Crippen molar-refractivity contribution in [3.05, 3.63) is 64.1 Å². The van der Waals surface area contributed by atoms with Gasteiger partial charge in [0.25, 0.3) is 5.91 Å². The topological polar surface area (TPSA) is 97.0 Å². The van der Waals surface area contributed by atoms with Gasteiger partial charge in [-0.25, -0.2) is 0 Å². The molecule has 0 aliphatic carbocycles. The monoisotopic (exact) mass is 617 g/mol. The number of carbonyl (C=O) groups excluding carboxylic acids is 3. The third kappa shape index (κ3) is 9.93. The van der Waals surface area contributed by atoms with Crippen LogP contribution in [0.15, 0.2) is 53.0 Å². The quantitative estimate of drug-likeness (QED) is 0.189. The van der Waals surface area contributed by atoms with Crippen molar-refractivity contribution in [3.8, 4) is 5.75 Å². The summed E-state index contributed by atoms with van der Waals surface area (Å²) in [4.78, 5) is 40.0. The Hall–Kier alpha value is -2.98. The Labute approximate surface area is 243 Å². The molecule has 3 rings (SSSR count). The number of esters is 1. The molecule has 2 aromatic rings. The fourth-order valence-electron chi connectivity index (χ4n) is 4.24. The van der Waals surface area contributed by atoms with E-state index in [9.17, 15) is 14.4 Å². The number of nitrogens with one attached hydrogen (secondary N) is 2. The molecule has 8 nitrogen and oxygen atoms in total. The molecule has 1 saturated heterocycles. The van der Waals surface area contributed by atoms with E-state index in [1.807, 2.05) is 36.4 Å². The number of aryl methyl sites for hydroxylation is 1. The van der Waals surface area contributed by atoms with E-state index in [4.69, 9.17) is 21.7 Å². The number of ether oxygens (including phenoxy) is 2. The lowest BCUT2D eigenvalue weighted by molar-refractivity contribution is -0.147. The van der Waals surface area contributed by atoms with Crippen molar-refractivity contribution >= 4 is 51.0 Å². The van der Waals surface area contributed by atoms with Crippen LogP contribution in [0.3, 0.4) is 0 Å². The van der Waals surface area contributed by atoms with Crippen molar-refractivity contribution in [1.29, 1.82) is 0 Å². The molecule has 0 radical (unpaired) electrons. The molecule has 1 fully saturated rings. The predicted molar refractivity (Wildman–Crippen MR) is 158 cm³/mol. The molecule has 2 aromatic carbocycles. The summed E-state index contributed by atoms with van der Waals surface area (Å²) in [5, 5.41) is 5.56. The molecule has 0 spiro atoms. The molecular weight excluding hydrogens is 582 g/mol. The van der Waals surface area contributed by atoms with E-state index in [1.54, 1.807) is 17.0 Å². The summed E-state index contributed by atoms with van der Waals surface area (Å²) in [6, 6.07) is 14.3. The zero-order chi connectivity index (χ0) is 28.0. The lowest BCUT2D eigenvalue weighted by atomic mass is 10.1. The van der Waals surface area contributed by atoms with Crippen molar-refractivity contribution in [2.75, 3.05) is 26.3 Å². The normalized spacial score (nSPS) is 14.9. The smallest absolute Gasteiger partial charge is 0.308 e. The fourth-order valence-corrected chi connectivity index (χ4v) is 4.91. The molecule has 1 aliphatic rings. The summed E-state index contributed by atoms with van der Waals surface area (Å²) in [5.41, 5.74) is 1.50. The Bertz CT molecular complexity index is 1130. The number of piperazine rings is 1. The SMILES string of the molecule is CCCCCCOc1ccc(Br)cc1C(=O)NC(=S)N1CCNC(=O)C1CC(=O)OCCCc1ccccc1. The van der Waals surface area contributed by atoms with Gasteiger partial charge in [-0.2, -0.15) is 0 Å². The van der Waals surface area contributed by atoms with Crippen molar-refractivity contribution in [2.45, 2.75) is 57.9 Å². The molecule has 0 aromatic heterocycles. The van der Waals surface area contributed by atoms with Crippen LogP contribution >= 0.6 is 28.1 Å². The molecule has 210 valence electrons. The number of benzene rings is 2. The van der Waals surface area contributed by atoms with Gasteiger partial charge in [0.15, 0.2) is 5.11 Å². The highest BCUT2D eigenvalue weighted by atomic mass is 79.9. The second kappa shape index (κ2) is 16.2. The number of carbonyl (C=O) groups is 3. The number of rotatable bonds is 13. The first kappa shape index (κ1) is 30.6. The van der Waals surface area contributed by atoms with Gasteiger partial charge in [0.2, 0.25) is 5.91 Å². The van der Waals surface area contributed by atoms with E-state index >= 15 is 0 Å². The standard InChI is InChI=1S/C29H36BrN3O5S/c1-2-3-4-8-17-37-25-14-13-22(30)19-23(25)27(35)32-29(39)33-16-15-31-28(36)24(33)20-26(34)38-18-9-12-21-10-6-5-7-11-21/h5-7,10-11,13-14,19,24H,2-4,8-9,12,15-18,20H2,1H3,(H,31,36)(H,32,35,39). The lowest BCUT2D eigenvalue weighted by Crippen LogP contribution is -2.60. The summed E-state index contributed by atoms with van der Waals surface area (Å²) in [6.45, 7) is 3.62. The van der Waals surface area contributed by atoms with E-state index in [0.29, 0.717) is 37.4 Å². The van der Waals surface area contributed by atoms with Gasteiger partial charge in [-0.15, -0.1) is 0 Å². The minimum atomic E-state index is -0.870. The Morgan fingerprint density at radius 2 is 1.90 bits per heavy atom. The van der Waals surface area contributed by atoms with E-state index < -0.39 is 17.9 Å². The minimum absolute atomic E-state index is 0.0746. The fraction of sp³-hybridized carbons (Fsp3) is 0.448. The van der Waals surface area contributed by atoms with Crippen LogP contribution in [0.1, 0.15) is 61.4 Å². The lowest BCUT2D eigenvalue weighted by Gasteiger charge is -2.36. The number of thiocarbonyl (C=S) groups is 1. The summed E-state index contributed by atoms with van der Waals surface area (Å²) < 4.78 is 12.0. The first-order valence-electron chi connectivity index (χ1n) is 13.4. The van der Waals surface area contributed by atoms with Crippen LogP contribution < -0.4 is 15.4 Å². The van der Waals surface area contributed by atoms with Crippen LogP contribution in [-0.2, 0) is 20.7 Å². The summed E-state index contributed by atoms with van der Waals surface area (Å²) in [7, 11) is 0. The maximum absolute atomic E-state index is 13.2. The van der Waals surface area contributed by atoms with Crippen LogP contribution in [-0.4, -0.2) is 60.1 Å². The second-order valence-corrected chi connectivity index (χ2v) is 10.6. The average Bonchev–Trinajstić information content (AvgIpc) is 2.93. The highest BCUT2D eigenvalue weighted by Crippen LogP contribution is 2.24. The van der Waals surface area contributed by atoms with Crippen molar-refractivity contribution < 1.29 is 23.9 Å². The first-order valence-corrected chi connectivity index (χ1v) is 14.6. The van der Waals surface area contributed by atoms with Gasteiger partial charge in [0, 0.05) is 17.6 Å². The second-order valence-electron chi connectivity index (χ2n) is 9.32. The Morgan fingerprint density at radius 3 is 2.67 bits per heavy atom. The maximum Gasteiger partial charge on any atom is 0.308 e. The Kier molecular flexibility index (Phi) is 12.7. The van der Waals surface area contributed by atoms with E-state index in [-0.39, 0.29) is 24.0 Å². The van der Waals surface area contributed by atoms with Gasteiger partial charge in [-0.1, -0.05) is 72.4 Å². The van der Waals surface area contributed by atoms with Crippen molar-refractivity contribution in [3.63, 3.8) is 0 Å². The molecule has 2 amide bonds. The number of unbranched alkanes of at least 4 members (excludes halogenated alkanes) is 3. The van der Waals surface area contributed by atoms with Crippen LogP contribution in [0.5, 0.6) is 5.75 Å². The molecule has 0 bridgehead atoms. The van der Waals surface area contributed by atoms with Gasteiger partial charge < -0.3 is 19.7 Å². The highest BCUT2D eigenvalue weighted by Gasteiger charge is 2.34. The summed E-state index contributed by atoms with van der Waals surface area (Å²) in [5.74, 6) is -0.812. The van der Waals surface area contributed by atoms with Crippen molar-refractivity contribution in [2.24, 2.45) is 0 Å². The first-order chi connectivity index (χ1) is 18.9. The molecule has 39 heavy (non-hydrogen) atoms. The number of hydrogen-bond donors (Lipinski definition) is 2. The number of nitrogens with zero attached hydrogens (tertiary/aromatic N) is 1. The molecule has 1 unspecified atom stereocenters. The Morgan fingerprint density at radius 1 is 1.10 bits per heavy atom. The minimum Gasteiger partial charge on any atom is -0.493 e. The van der Waals surface area contributed by atoms with Crippen LogP contribution in [0.2, 0.25) is 0 Å². The van der Waals surface area contributed by atoms with Gasteiger partial charge in [-0.3, -0.25) is 19.7 Å². The third-order valence-corrected chi connectivity index (χ3v) is 7.16. The van der Waals surface area contributed by atoms with E-state index in [0.717, 1.165) is 36.6 Å². The van der Waals surface area contributed by atoms with Crippen molar-refractivity contribution in [1.82, 2.24) is 15.5 Å². The molecular formula is C29H36BrN3O5S. The van der Waals surface area contributed by atoms with Gasteiger partial charge in [0.1, 0.15) is 11.8 Å². The number of halogens is 1. The van der Waals surface area contributed by atoms with Gasteiger partial charge in [0.05, 0.1) is 25.2 Å². The van der Waals surface area contributed by atoms with Gasteiger partial charge in [-0.05, 0) is 55.2 Å². The predicted octanol–water partition coefficient (Wildman–Crippen LogP) is 4.79.